The minimum atomic E-state index is -4.15. The molecule has 0 saturated heterocycles. The summed E-state index contributed by atoms with van der Waals surface area (Å²) < 4.78 is 51.1. The number of ether oxygens (including phenoxy) is 1. The lowest BCUT2D eigenvalue weighted by Crippen LogP contribution is -2.00. The van der Waals surface area contributed by atoms with Crippen molar-refractivity contribution in [2.45, 2.75) is 11.3 Å². The summed E-state index contributed by atoms with van der Waals surface area (Å²) in [5.74, 6) is -0.311. The Morgan fingerprint density at radius 2 is 2.13 bits per heavy atom. The second-order valence-electron chi connectivity index (χ2n) is 2.51. The average molecular weight is 258 g/mol. The van der Waals surface area contributed by atoms with E-state index in [1.54, 1.807) is 0 Å². The Hall–Kier alpha value is -0.950. The number of aromatic nitrogens is 1. The van der Waals surface area contributed by atoms with Crippen LogP contribution in [-0.4, -0.2) is 20.5 Å². The van der Waals surface area contributed by atoms with Gasteiger partial charge in [-0.2, -0.15) is 0 Å². The van der Waals surface area contributed by atoms with Crippen molar-refractivity contribution in [2.75, 3.05) is 7.11 Å². The first-order valence-corrected chi connectivity index (χ1v) is 5.94. The van der Waals surface area contributed by atoms with Gasteiger partial charge in [-0.25, -0.2) is 22.2 Å². The van der Waals surface area contributed by atoms with Crippen LogP contribution in [-0.2, 0) is 9.05 Å². The van der Waals surface area contributed by atoms with Crippen molar-refractivity contribution in [3.05, 3.63) is 17.8 Å². The third kappa shape index (κ3) is 2.75. The van der Waals surface area contributed by atoms with E-state index in [1.807, 2.05) is 0 Å². The minimum Gasteiger partial charge on any atom is -0.480 e. The third-order valence-corrected chi connectivity index (χ3v) is 2.86. The lowest BCUT2D eigenvalue weighted by Gasteiger charge is -2.06. The van der Waals surface area contributed by atoms with Crippen molar-refractivity contribution >= 4 is 19.7 Å². The molecule has 0 spiro atoms. The van der Waals surface area contributed by atoms with Crippen molar-refractivity contribution in [2.24, 2.45) is 0 Å². The molecule has 0 aliphatic heterocycles. The van der Waals surface area contributed by atoms with Crippen molar-refractivity contribution in [1.82, 2.24) is 4.98 Å². The Bertz CT molecular complexity index is 463. The number of methoxy groups -OCH3 is 1. The lowest BCUT2D eigenvalue weighted by molar-refractivity contribution is 0.150. The van der Waals surface area contributed by atoms with Gasteiger partial charge in [0.1, 0.15) is 4.90 Å². The van der Waals surface area contributed by atoms with Crippen LogP contribution in [0.4, 0.5) is 8.78 Å². The average Bonchev–Trinajstić information content (AvgIpc) is 2.15. The van der Waals surface area contributed by atoms with Gasteiger partial charge >= 0.3 is 0 Å². The summed E-state index contributed by atoms with van der Waals surface area (Å²) in [4.78, 5) is 2.85. The van der Waals surface area contributed by atoms with E-state index in [0.717, 1.165) is 19.4 Å². The molecule has 1 aromatic heterocycles. The molecule has 0 fully saturated rings. The number of alkyl halides is 2. The normalized spacial score (nSPS) is 11.8. The Kier molecular flexibility index (Phi) is 3.46. The van der Waals surface area contributed by atoms with Crippen LogP contribution in [0.3, 0.4) is 0 Å². The van der Waals surface area contributed by atoms with Gasteiger partial charge in [-0.3, -0.25) is 0 Å². The van der Waals surface area contributed by atoms with E-state index in [9.17, 15) is 17.2 Å². The number of hydrogen-bond acceptors (Lipinski definition) is 4. The molecule has 84 valence electrons. The second kappa shape index (κ2) is 4.28. The SMILES string of the molecule is COc1ncc(C(F)F)cc1S(=O)(=O)Cl. The van der Waals surface area contributed by atoms with Crippen molar-refractivity contribution in [3.8, 4) is 5.88 Å². The fraction of sp³-hybridized carbons (Fsp3) is 0.286. The minimum absolute atomic E-state index is 0.311. The molecule has 0 saturated carbocycles. The van der Waals surface area contributed by atoms with Crippen molar-refractivity contribution in [3.63, 3.8) is 0 Å². The Balaban J connectivity index is 3.39. The highest BCUT2D eigenvalue weighted by Crippen LogP contribution is 2.28. The molecule has 0 radical (unpaired) electrons. The zero-order chi connectivity index (χ0) is 11.6. The van der Waals surface area contributed by atoms with Gasteiger partial charge in [0.2, 0.25) is 5.88 Å². The van der Waals surface area contributed by atoms with Crippen LogP contribution in [0.1, 0.15) is 12.0 Å². The van der Waals surface area contributed by atoms with Crippen LogP contribution in [0.15, 0.2) is 17.2 Å². The molecule has 0 aromatic carbocycles. The zero-order valence-corrected chi connectivity index (χ0v) is 9.02. The monoisotopic (exact) mass is 257 g/mol. The molecule has 15 heavy (non-hydrogen) atoms. The summed E-state index contributed by atoms with van der Waals surface area (Å²) in [5, 5.41) is 0. The number of pyridine rings is 1. The summed E-state index contributed by atoms with van der Waals surface area (Å²) in [7, 11) is 2.04. The van der Waals surface area contributed by atoms with E-state index in [1.165, 1.54) is 0 Å². The van der Waals surface area contributed by atoms with E-state index >= 15 is 0 Å². The molecule has 0 bridgehead atoms. The largest absolute Gasteiger partial charge is 0.480 e. The van der Waals surface area contributed by atoms with E-state index in [-0.39, 0.29) is 5.88 Å². The van der Waals surface area contributed by atoms with E-state index in [2.05, 4.69) is 9.72 Å². The predicted octanol–water partition coefficient (Wildman–Crippen LogP) is 1.96. The summed E-state index contributed by atoms with van der Waals surface area (Å²) >= 11 is 0. The van der Waals surface area contributed by atoms with Crippen LogP contribution >= 0.6 is 10.7 Å². The Morgan fingerprint density at radius 1 is 1.53 bits per heavy atom. The molecule has 0 aliphatic rings. The second-order valence-corrected chi connectivity index (χ2v) is 5.05. The van der Waals surface area contributed by atoms with Gasteiger partial charge in [-0.15, -0.1) is 0 Å². The number of nitrogens with zero attached hydrogens (tertiary/aromatic N) is 1. The first kappa shape index (κ1) is 12.1. The van der Waals surface area contributed by atoms with E-state index < -0.39 is 25.9 Å². The molecular formula is C7H6ClF2NO3S. The summed E-state index contributed by atoms with van der Waals surface area (Å²) in [6.07, 6.45) is -1.99. The maximum Gasteiger partial charge on any atom is 0.266 e. The zero-order valence-electron chi connectivity index (χ0n) is 7.45. The smallest absolute Gasteiger partial charge is 0.266 e. The molecule has 1 rings (SSSR count). The maximum atomic E-state index is 12.3. The lowest BCUT2D eigenvalue weighted by atomic mass is 10.3. The van der Waals surface area contributed by atoms with Gasteiger partial charge in [0.15, 0.2) is 0 Å². The van der Waals surface area contributed by atoms with Crippen LogP contribution < -0.4 is 4.74 Å². The summed E-state index contributed by atoms with van der Waals surface area (Å²) in [6, 6.07) is 0.735. The standard InChI is InChI=1S/C7H6ClF2NO3S/c1-14-7-5(15(8,12)13)2-4(3-11-7)6(9)10/h2-3,6H,1H3. The molecule has 0 N–H and O–H groups in total. The molecule has 1 heterocycles. The highest BCUT2D eigenvalue weighted by atomic mass is 35.7. The molecule has 0 aliphatic carbocycles. The van der Waals surface area contributed by atoms with Crippen LogP contribution in [0.2, 0.25) is 0 Å². The molecule has 0 atom stereocenters. The van der Waals surface area contributed by atoms with Crippen LogP contribution in [0.5, 0.6) is 5.88 Å². The molecule has 0 unspecified atom stereocenters. The molecule has 4 nitrogen and oxygen atoms in total. The highest BCUT2D eigenvalue weighted by molar-refractivity contribution is 8.13. The number of hydrogen-bond donors (Lipinski definition) is 0. The van der Waals surface area contributed by atoms with E-state index in [4.69, 9.17) is 10.7 Å². The highest BCUT2D eigenvalue weighted by Gasteiger charge is 2.21. The third-order valence-electron chi connectivity index (χ3n) is 1.55. The fourth-order valence-electron chi connectivity index (χ4n) is 0.894. The quantitative estimate of drug-likeness (QED) is 0.777. The first-order valence-electron chi connectivity index (χ1n) is 3.63. The van der Waals surface area contributed by atoms with Crippen molar-refractivity contribution < 1.29 is 21.9 Å². The summed E-state index contributed by atoms with van der Waals surface area (Å²) in [5.41, 5.74) is -0.532. The van der Waals surface area contributed by atoms with Gasteiger partial charge in [0.25, 0.3) is 15.5 Å². The molecule has 1 aromatic rings. The number of halogens is 3. The first-order chi connectivity index (χ1) is 6.86. The molecular weight excluding hydrogens is 252 g/mol. The van der Waals surface area contributed by atoms with Gasteiger partial charge in [0, 0.05) is 22.4 Å². The van der Waals surface area contributed by atoms with Crippen LogP contribution in [0, 0.1) is 0 Å². The van der Waals surface area contributed by atoms with Crippen molar-refractivity contribution in [1.29, 1.82) is 0 Å². The van der Waals surface area contributed by atoms with Gasteiger partial charge in [-0.05, 0) is 6.07 Å². The Morgan fingerprint density at radius 3 is 2.53 bits per heavy atom. The summed E-state index contributed by atoms with van der Waals surface area (Å²) in [6.45, 7) is 0. The van der Waals surface area contributed by atoms with Gasteiger partial charge in [0.05, 0.1) is 7.11 Å². The topological polar surface area (TPSA) is 56.3 Å². The van der Waals surface area contributed by atoms with Crippen LogP contribution in [0.25, 0.3) is 0 Å². The number of rotatable bonds is 3. The predicted molar refractivity (Wildman–Crippen MR) is 48.8 cm³/mol. The Labute approximate surface area is 89.3 Å². The molecule has 0 amide bonds. The maximum absolute atomic E-state index is 12.3. The molecule has 8 heteroatoms. The van der Waals surface area contributed by atoms with E-state index in [0.29, 0.717) is 0 Å². The van der Waals surface area contributed by atoms with Gasteiger partial charge in [-0.1, -0.05) is 0 Å². The van der Waals surface area contributed by atoms with Gasteiger partial charge < -0.3 is 4.74 Å². The fourth-order valence-corrected chi connectivity index (χ4v) is 1.85.